The molecule has 0 saturated heterocycles. The van der Waals surface area contributed by atoms with Gasteiger partial charge in [-0.15, -0.1) is 0 Å². The molecule has 2 aromatic rings. The van der Waals surface area contributed by atoms with Crippen molar-refractivity contribution in [2.75, 3.05) is 6.61 Å². The van der Waals surface area contributed by atoms with Gasteiger partial charge in [-0.25, -0.2) is 9.59 Å². The van der Waals surface area contributed by atoms with Crippen LogP contribution in [0.1, 0.15) is 43.6 Å². The Morgan fingerprint density at radius 3 is 1.91 bits per heavy atom. The zero-order valence-corrected chi connectivity index (χ0v) is 12.7. The number of carbonyl (C=O) groups is 3. The molecule has 0 heterocycles. The van der Waals surface area contributed by atoms with Crippen molar-refractivity contribution in [2.45, 2.75) is 13.5 Å². The smallest absolute Gasteiger partial charge is 0.338 e. The van der Waals surface area contributed by atoms with Crippen LogP contribution >= 0.6 is 0 Å². The first-order chi connectivity index (χ1) is 11.1. The minimum Gasteiger partial charge on any atom is -0.462 e. The van der Waals surface area contributed by atoms with Gasteiger partial charge in [0.1, 0.15) is 12.9 Å². The van der Waals surface area contributed by atoms with Crippen LogP contribution in [0.4, 0.5) is 0 Å². The minimum absolute atomic E-state index is 0.0946. The van der Waals surface area contributed by atoms with Gasteiger partial charge in [0.15, 0.2) is 0 Å². The molecule has 0 aliphatic carbocycles. The van der Waals surface area contributed by atoms with Gasteiger partial charge < -0.3 is 9.47 Å². The zero-order chi connectivity index (χ0) is 16.7. The number of hydrogen-bond donors (Lipinski definition) is 0. The second kappa shape index (κ2) is 7.89. The molecule has 0 unspecified atom stereocenters. The van der Waals surface area contributed by atoms with Crippen LogP contribution in [0.5, 0.6) is 0 Å². The Kier molecular flexibility index (Phi) is 5.63. The van der Waals surface area contributed by atoms with Crippen molar-refractivity contribution >= 4 is 18.2 Å². The normalized spacial score (nSPS) is 9.96. The Labute approximate surface area is 133 Å². The number of aldehydes is 1. The minimum atomic E-state index is -0.475. The molecule has 2 rings (SSSR count). The predicted octanol–water partition coefficient (Wildman–Crippen LogP) is 3.03. The summed E-state index contributed by atoms with van der Waals surface area (Å²) in [6.45, 7) is 2.16. The Morgan fingerprint density at radius 1 is 0.870 bits per heavy atom. The summed E-state index contributed by atoms with van der Waals surface area (Å²) in [6.07, 6.45) is 0.709. The van der Waals surface area contributed by atoms with Crippen LogP contribution in [0.3, 0.4) is 0 Å². The van der Waals surface area contributed by atoms with Crippen molar-refractivity contribution in [3.05, 3.63) is 70.8 Å². The van der Waals surface area contributed by atoms with E-state index in [9.17, 15) is 14.4 Å². The maximum Gasteiger partial charge on any atom is 0.338 e. The molecule has 5 heteroatoms. The summed E-state index contributed by atoms with van der Waals surface area (Å²) in [4.78, 5) is 34.0. The quantitative estimate of drug-likeness (QED) is 0.605. The van der Waals surface area contributed by atoms with Gasteiger partial charge in [0.05, 0.1) is 17.7 Å². The van der Waals surface area contributed by atoms with Crippen molar-refractivity contribution in [3.8, 4) is 0 Å². The monoisotopic (exact) mass is 312 g/mol. The molecule has 0 atom stereocenters. The van der Waals surface area contributed by atoms with Gasteiger partial charge in [0.25, 0.3) is 0 Å². The van der Waals surface area contributed by atoms with Crippen molar-refractivity contribution in [2.24, 2.45) is 0 Å². The number of benzene rings is 2. The van der Waals surface area contributed by atoms with Gasteiger partial charge >= 0.3 is 11.9 Å². The van der Waals surface area contributed by atoms with Gasteiger partial charge in [-0.1, -0.05) is 24.3 Å². The van der Waals surface area contributed by atoms with E-state index in [0.717, 1.165) is 5.56 Å². The maximum atomic E-state index is 11.9. The fourth-order valence-electron chi connectivity index (χ4n) is 1.88. The van der Waals surface area contributed by atoms with Crippen LogP contribution in [0, 0.1) is 0 Å². The maximum absolute atomic E-state index is 11.9. The van der Waals surface area contributed by atoms with E-state index in [0.29, 0.717) is 29.6 Å². The first-order valence-electron chi connectivity index (χ1n) is 7.12. The Balaban J connectivity index is 1.93. The fraction of sp³-hybridized carbons (Fsp3) is 0.167. The zero-order valence-electron chi connectivity index (χ0n) is 12.7. The molecule has 0 aliphatic heterocycles. The summed E-state index contributed by atoms with van der Waals surface area (Å²) in [6, 6.07) is 12.8. The van der Waals surface area contributed by atoms with Crippen LogP contribution in [-0.4, -0.2) is 24.8 Å². The highest BCUT2D eigenvalue weighted by Crippen LogP contribution is 2.10. The van der Waals surface area contributed by atoms with Crippen molar-refractivity contribution in [3.63, 3.8) is 0 Å². The van der Waals surface area contributed by atoms with E-state index in [1.54, 1.807) is 43.3 Å². The second-order valence-corrected chi connectivity index (χ2v) is 4.73. The Bertz CT molecular complexity index is 686. The van der Waals surface area contributed by atoms with E-state index >= 15 is 0 Å². The van der Waals surface area contributed by atoms with E-state index in [1.807, 2.05) is 0 Å². The van der Waals surface area contributed by atoms with Gasteiger partial charge in [0, 0.05) is 5.56 Å². The molecule has 0 radical (unpaired) electrons. The van der Waals surface area contributed by atoms with E-state index in [-0.39, 0.29) is 12.6 Å². The summed E-state index contributed by atoms with van der Waals surface area (Å²) >= 11 is 0. The average molecular weight is 312 g/mol. The molecule has 5 nitrogen and oxygen atoms in total. The van der Waals surface area contributed by atoms with E-state index < -0.39 is 5.97 Å². The van der Waals surface area contributed by atoms with Crippen molar-refractivity contribution < 1.29 is 23.9 Å². The van der Waals surface area contributed by atoms with E-state index in [2.05, 4.69) is 0 Å². The second-order valence-electron chi connectivity index (χ2n) is 4.73. The summed E-state index contributed by atoms with van der Waals surface area (Å²) < 4.78 is 10.1. The molecule has 0 aromatic heterocycles. The molecular weight excluding hydrogens is 296 g/mol. The highest BCUT2D eigenvalue weighted by molar-refractivity contribution is 5.90. The third kappa shape index (κ3) is 4.51. The molecule has 0 fully saturated rings. The Morgan fingerprint density at radius 2 is 1.39 bits per heavy atom. The lowest BCUT2D eigenvalue weighted by molar-refractivity contribution is 0.0469. The molecule has 0 amide bonds. The van der Waals surface area contributed by atoms with Crippen LogP contribution < -0.4 is 0 Å². The van der Waals surface area contributed by atoms with Crippen LogP contribution in [-0.2, 0) is 16.1 Å². The molecular formula is C18H16O5. The summed E-state index contributed by atoms with van der Waals surface area (Å²) in [7, 11) is 0. The number of esters is 2. The van der Waals surface area contributed by atoms with Crippen LogP contribution in [0.15, 0.2) is 48.5 Å². The van der Waals surface area contributed by atoms with Crippen LogP contribution in [0.25, 0.3) is 0 Å². The molecule has 23 heavy (non-hydrogen) atoms. The summed E-state index contributed by atoms with van der Waals surface area (Å²) in [5, 5.41) is 0. The van der Waals surface area contributed by atoms with E-state index in [1.165, 1.54) is 12.1 Å². The largest absolute Gasteiger partial charge is 0.462 e. The van der Waals surface area contributed by atoms with E-state index in [4.69, 9.17) is 9.47 Å². The van der Waals surface area contributed by atoms with Crippen molar-refractivity contribution in [1.82, 2.24) is 0 Å². The number of hydrogen-bond acceptors (Lipinski definition) is 5. The molecule has 0 bridgehead atoms. The van der Waals surface area contributed by atoms with Gasteiger partial charge in [-0.05, 0) is 36.8 Å². The number of carbonyl (C=O) groups excluding carboxylic acids is 3. The predicted molar refractivity (Wildman–Crippen MR) is 83.3 cm³/mol. The van der Waals surface area contributed by atoms with Gasteiger partial charge in [-0.3, -0.25) is 4.79 Å². The molecule has 0 N–H and O–H groups in total. The molecule has 0 saturated carbocycles. The topological polar surface area (TPSA) is 69.7 Å². The van der Waals surface area contributed by atoms with Gasteiger partial charge in [-0.2, -0.15) is 0 Å². The van der Waals surface area contributed by atoms with Crippen LogP contribution in [0.2, 0.25) is 0 Å². The molecule has 2 aromatic carbocycles. The van der Waals surface area contributed by atoms with Crippen molar-refractivity contribution in [1.29, 1.82) is 0 Å². The first kappa shape index (κ1) is 16.4. The lowest BCUT2D eigenvalue weighted by Crippen LogP contribution is -2.06. The number of rotatable bonds is 6. The highest BCUT2D eigenvalue weighted by Gasteiger charge is 2.09. The Hall–Kier alpha value is -2.95. The third-order valence-electron chi connectivity index (χ3n) is 3.12. The molecule has 118 valence electrons. The summed E-state index contributed by atoms with van der Waals surface area (Å²) in [5.41, 5.74) is 2.08. The lowest BCUT2D eigenvalue weighted by atomic mass is 10.1. The lowest BCUT2D eigenvalue weighted by Gasteiger charge is -2.06. The van der Waals surface area contributed by atoms with Gasteiger partial charge in [0.2, 0.25) is 0 Å². The fourth-order valence-corrected chi connectivity index (χ4v) is 1.88. The third-order valence-corrected chi connectivity index (χ3v) is 3.12. The molecule has 0 spiro atoms. The average Bonchev–Trinajstić information content (AvgIpc) is 2.60. The standard InChI is InChI=1S/C18H16O5/c1-2-22-17(20)15-9-5-14(6-10-15)12-23-18(21)16-7-3-13(11-19)4-8-16/h3-11H,2,12H2,1H3. The SMILES string of the molecule is CCOC(=O)c1ccc(COC(=O)c2ccc(C=O)cc2)cc1. The molecule has 0 aliphatic rings. The summed E-state index contributed by atoms with van der Waals surface area (Å²) in [5.74, 6) is -0.858. The highest BCUT2D eigenvalue weighted by atomic mass is 16.5. The number of ether oxygens (including phenoxy) is 2. The first-order valence-corrected chi connectivity index (χ1v) is 7.12.